The van der Waals surface area contributed by atoms with Crippen LogP contribution in [0.4, 0.5) is 0 Å². The van der Waals surface area contributed by atoms with Gasteiger partial charge in [-0.15, -0.1) is 0 Å². The van der Waals surface area contributed by atoms with Crippen molar-refractivity contribution < 1.29 is 14.4 Å². The third kappa shape index (κ3) is 7.90. The zero-order valence-electron chi connectivity index (χ0n) is 18.8. The molecule has 2 rings (SSSR count). The van der Waals surface area contributed by atoms with Gasteiger partial charge in [0.25, 0.3) is 0 Å². The number of carbonyl (C=O) groups is 3. The Bertz CT molecular complexity index is 774. The maximum absolute atomic E-state index is 11.1. The van der Waals surface area contributed by atoms with Gasteiger partial charge in [0, 0.05) is 19.7 Å². The van der Waals surface area contributed by atoms with E-state index in [-0.39, 0.29) is 17.6 Å². The fraction of sp³-hybridized carbons (Fsp3) is 0.375. The van der Waals surface area contributed by atoms with Crippen LogP contribution in [0.2, 0.25) is 0 Å². The first-order valence-corrected chi connectivity index (χ1v) is 9.76. The van der Waals surface area contributed by atoms with Gasteiger partial charge in [-0.25, -0.2) is 0 Å². The Morgan fingerprint density at radius 3 is 1.38 bits per heavy atom. The average Bonchev–Trinajstić information content (AvgIpc) is 2.74. The molecule has 0 unspecified atom stereocenters. The van der Waals surface area contributed by atoms with Crippen molar-refractivity contribution in [1.82, 2.24) is 10.6 Å². The van der Waals surface area contributed by atoms with E-state index >= 15 is 0 Å². The molecule has 0 aliphatic rings. The molecule has 2 aromatic rings. The molecule has 0 aliphatic heterocycles. The molecule has 0 aromatic heterocycles. The number of Topliss-reactive ketones (excluding diaryl/α,β-unsaturated/α-hetero) is 1. The Morgan fingerprint density at radius 1 is 0.724 bits per heavy atom. The molecule has 2 amide bonds. The third-order valence-electron chi connectivity index (χ3n) is 4.27. The van der Waals surface area contributed by atoms with Gasteiger partial charge < -0.3 is 10.6 Å². The topological polar surface area (TPSA) is 75.3 Å². The Kier molecular flexibility index (Phi) is 11.2. The van der Waals surface area contributed by atoms with Crippen LogP contribution in [0, 0.1) is 12.3 Å². The lowest BCUT2D eigenvalue weighted by atomic mass is 9.91. The molecule has 0 fully saturated rings. The molecule has 0 saturated heterocycles. The number of aryl methyl sites for hydroxylation is 1. The zero-order valence-corrected chi connectivity index (χ0v) is 18.8. The lowest BCUT2D eigenvalue weighted by Crippen LogP contribution is -2.45. The number of nitrogens with one attached hydrogen (secondary N) is 2. The van der Waals surface area contributed by atoms with Crippen molar-refractivity contribution in [2.24, 2.45) is 5.41 Å². The highest BCUT2D eigenvalue weighted by Gasteiger charge is 2.34. The first kappa shape index (κ1) is 26.1. The summed E-state index contributed by atoms with van der Waals surface area (Å²) in [7, 11) is 3.01. The normalized spacial score (nSPS) is 9.79. The van der Waals surface area contributed by atoms with E-state index in [9.17, 15) is 14.4 Å². The van der Waals surface area contributed by atoms with Crippen molar-refractivity contribution in [2.75, 3.05) is 14.1 Å². The molecule has 5 heteroatoms. The molecule has 29 heavy (non-hydrogen) atoms. The molecule has 0 spiro atoms. The summed E-state index contributed by atoms with van der Waals surface area (Å²) in [6.45, 7) is 10.8. The summed E-state index contributed by atoms with van der Waals surface area (Å²) in [5.41, 5.74) is 3.36. The molecule has 0 heterocycles. The molecule has 0 atom stereocenters. The van der Waals surface area contributed by atoms with Gasteiger partial charge in [-0.2, -0.15) is 0 Å². The quantitative estimate of drug-likeness (QED) is 0.592. The van der Waals surface area contributed by atoms with Gasteiger partial charge in [0.05, 0.1) is 0 Å². The van der Waals surface area contributed by atoms with E-state index in [1.54, 1.807) is 20.8 Å². The number of hydrogen-bond acceptors (Lipinski definition) is 3. The van der Waals surface area contributed by atoms with Crippen LogP contribution >= 0.6 is 0 Å². The van der Waals surface area contributed by atoms with Crippen LogP contribution in [0.3, 0.4) is 0 Å². The van der Waals surface area contributed by atoms with E-state index in [0.717, 1.165) is 11.1 Å². The van der Waals surface area contributed by atoms with Crippen molar-refractivity contribution in [3.05, 3.63) is 59.7 Å². The predicted octanol–water partition coefficient (Wildman–Crippen LogP) is 4.40. The van der Waals surface area contributed by atoms with Crippen molar-refractivity contribution in [1.29, 1.82) is 0 Å². The summed E-state index contributed by atoms with van der Waals surface area (Å²) in [5.74, 6) is -0.454. The molecule has 0 radical (unpaired) electrons. The van der Waals surface area contributed by atoms with Gasteiger partial charge in [0.2, 0.25) is 11.8 Å². The van der Waals surface area contributed by atoms with Crippen LogP contribution in [0.5, 0.6) is 0 Å². The molecular formula is C24H34N2O3. The van der Waals surface area contributed by atoms with Crippen LogP contribution in [0.25, 0.3) is 11.1 Å². The van der Waals surface area contributed by atoms with Gasteiger partial charge in [-0.3, -0.25) is 14.4 Å². The minimum atomic E-state index is -0.983. The number of rotatable bonds is 4. The standard InChI is InChI=1S/C15H14O.C7H14N2O2.C2H6/c1-11-3-5-14(6-4-11)15-9-7-13(8-10-15)12(2)16;1-7(2,5(10)8-3)6(11)9-4;1-2/h3-10H,1-2H3;1-4H3,(H,8,10)(H,9,11);1-2H3. The number of carbonyl (C=O) groups excluding carboxylic acids is 3. The summed E-state index contributed by atoms with van der Waals surface area (Å²) in [6, 6.07) is 16.1. The number of amides is 2. The second-order valence-corrected chi connectivity index (χ2v) is 6.78. The SMILES string of the molecule is CC.CC(=O)c1ccc(-c2ccc(C)cc2)cc1.CNC(=O)C(C)(C)C(=O)NC. The lowest BCUT2D eigenvalue weighted by molar-refractivity contribution is -0.140. The summed E-state index contributed by atoms with van der Waals surface area (Å²) < 4.78 is 0. The Morgan fingerprint density at radius 2 is 1.07 bits per heavy atom. The van der Waals surface area contributed by atoms with E-state index in [2.05, 4.69) is 41.8 Å². The van der Waals surface area contributed by atoms with Crippen molar-refractivity contribution in [3.63, 3.8) is 0 Å². The van der Waals surface area contributed by atoms with Gasteiger partial charge in [-0.05, 0) is 38.8 Å². The third-order valence-corrected chi connectivity index (χ3v) is 4.27. The fourth-order valence-electron chi connectivity index (χ4n) is 2.37. The average molecular weight is 399 g/mol. The van der Waals surface area contributed by atoms with E-state index in [0.29, 0.717) is 0 Å². The van der Waals surface area contributed by atoms with Crippen LogP contribution in [-0.2, 0) is 9.59 Å². The Labute approximate surface area is 174 Å². The number of benzene rings is 2. The van der Waals surface area contributed by atoms with Gasteiger partial charge >= 0.3 is 0 Å². The molecule has 0 saturated carbocycles. The van der Waals surface area contributed by atoms with Crippen molar-refractivity contribution in [3.8, 4) is 11.1 Å². The Hall–Kier alpha value is -2.95. The lowest BCUT2D eigenvalue weighted by Gasteiger charge is -2.19. The highest BCUT2D eigenvalue weighted by Crippen LogP contribution is 2.20. The first-order chi connectivity index (χ1) is 13.6. The largest absolute Gasteiger partial charge is 0.358 e. The maximum atomic E-state index is 11.1. The highest BCUT2D eigenvalue weighted by atomic mass is 16.2. The molecule has 0 bridgehead atoms. The highest BCUT2D eigenvalue weighted by molar-refractivity contribution is 6.03. The number of hydrogen-bond donors (Lipinski definition) is 2. The van der Waals surface area contributed by atoms with E-state index < -0.39 is 5.41 Å². The second-order valence-electron chi connectivity index (χ2n) is 6.78. The van der Waals surface area contributed by atoms with Gasteiger partial charge in [0.15, 0.2) is 5.78 Å². The first-order valence-electron chi connectivity index (χ1n) is 9.76. The Balaban J connectivity index is 0.000000532. The van der Waals surface area contributed by atoms with Crippen molar-refractivity contribution >= 4 is 17.6 Å². The smallest absolute Gasteiger partial charge is 0.234 e. The molecular weight excluding hydrogens is 364 g/mol. The summed E-state index contributed by atoms with van der Waals surface area (Å²) in [4.78, 5) is 33.3. The summed E-state index contributed by atoms with van der Waals surface area (Å²) in [5, 5.41) is 4.84. The monoisotopic (exact) mass is 398 g/mol. The maximum Gasteiger partial charge on any atom is 0.234 e. The minimum absolute atomic E-state index is 0.107. The van der Waals surface area contributed by atoms with Crippen LogP contribution in [0.15, 0.2) is 48.5 Å². The molecule has 158 valence electrons. The summed E-state index contributed by atoms with van der Waals surface area (Å²) in [6.07, 6.45) is 0. The minimum Gasteiger partial charge on any atom is -0.358 e. The van der Waals surface area contributed by atoms with Crippen LogP contribution < -0.4 is 10.6 Å². The number of ketones is 1. The van der Waals surface area contributed by atoms with E-state index in [4.69, 9.17) is 0 Å². The molecule has 0 aliphatic carbocycles. The second kappa shape index (κ2) is 12.5. The van der Waals surface area contributed by atoms with E-state index in [1.165, 1.54) is 25.2 Å². The molecule has 5 nitrogen and oxygen atoms in total. The van der Waals surface area contributed by atoms with Gasteiger partial charge in [0.1, 0.15) is 5.41 Å². The zero-order chi connectivity index (χ0) is 22.6. The molecule has 2 aromatic carbocycles. The molecule has 2 N–H and O–H groups in total. The fourth-order valence-corrected chi connectivity index (χ4v) is 2.37. The van der Waals surface area contributed by atoms with Crippen LogP contribution in [-0.4, -0.2) is 31.7 Å². The van der Waals surface area contributed by atoms with E-state index in [1.807, 2.05) is 38.1 Å². The van der Waals surface area contributed by atoms with Gasteiger partial charge in [-0.1, -0.05) is 67.9 Å². The van der Waals surface area contributed by atoms with Crippen molar-refractivity contribution in [2.45, 2.75) is 41.5 Å². The van der Waals surface area contributed by atoms with Crippen LogP contribution in [0.1, 0.15) is 50.5 Å². The predicted molar refractivity (Wildman–Crippen MR) is 120 cm³/mol. The summed E-state index contributed by atoms with van der Waals surface area (Å²) >= 11 is 0.